The van der Waals surface area contributed by atoms with Crippen molar-refractivity contribution in [2.45, 2.75) is 26.3 Å². The molecule has 4 nitrogen and oxygen atoms in total. The summed E-state index contributed by atoms with van der Waals surface area (Å²) in [6.45, 7) is 4.75. The zero-order chi connectivity index (χ0) is 15.2. The van der Waals surface area contributed by atoms with Crippen LogP contribution >= 0.6 is 0 Å². The maximum Gasteiger partial charge on any atom is 0.227 e. The van der Waals surface area contributed by atoms with E-state index < -0.39 is 5.82 Å². The molecule has 1 amide bonds. The van der Waals surface area contributed by atoms with E-state index in [2.05, 4.69) is 5.32 Å². The summed E-state index contributed by atoms with van der Waals surface area (Å²) in [7, 11) is 1.44. The molecule has 1 heterocycles. The van der Waals surface area contributed by atoms with Crippen molar-refractivity contribution in [1.29, 1.82) is 0 Å². The normalized spacial score (nSPS) is 18.3. The minimum atomic E-state index is -0.391. The molecule has 21 heavy (non-hydrogen) atoms. The Labute approximate surface area is 125 Å². The third-order valence-electron chi connectivity index (χ3n) is 3.93. The number of methoxy groups -OCH3 is 1. The number of hydrogen-bond donors (Lipinski definition) is 1. The van der Waals surface area contributed by atoms with Gasteiger partial charge >= 0.3 is 0 Å². The van der Waals surface area contributed by atoms with E-state index in [1.54, 1.807) is 17.0 Å². The van der Waals surface area contributed by atoms with Gasteiger partial charge in [-0.05, 0) is 44.0 Å². The number of nitrogens with zero attached hydrogens (tertiary/aromatic N) is 1. The molecule has 0 aliphatic carbocycles. The van der Waals surface area contributed by atoms with E-state index in [0.717, 1.165) is 31.5 Å². The Bertz CT molecular complexity index is 487. The number of nitrogens with one attached hydrogen (secondary N) is 1. The smallest absolute Gasteiger partial charge is 0.227 e. The molecule has 0 aromatic heterocycles. The summed E-state index contributed by atoms with van der Waals surface area (Å²) in [5.41, 5.74) is 0.785. The first-order valence-electron chi connectivity index (χ1n) is 7.47. The fourth-order valence-electron chi connectivity index (χ4n) is 2.69. The first-order chi connectivity index (χ1) is 10.2. The maximum absolute atomic E-state index is 13.7. The first kappa shape index (κ1) is 15.8. The quantitative estimate of drug-likeness (QED) is 0.905. The molecule has 1 N–H and O–H groups in total. The highest BCUT2D eigenvalue weighted by molar-refractivity contribution is 5.79. The van der Waals surface area contributed by atoms with E-state index in [0.29, 0.717) is 13.1 Å². The van der Waals surface area contributed by atoms with Gasteiger partial charge < -0.3 is 15.0 Å². The van der Waals surface area contributed by atoms with Crippen LogP contribution in [0.15, 0.2) is 18.2 Å². The molecular formula is C16H23FN2O2. The SMILES string of the molecule is CCN(Cc1ccc(OC)c(F)c1)C(=O)C1CCCNC1. The Morgan fingerprint density at radius 2 is 2.33 bits per heavy atom. The molecule has 0 bridgehead atoms. The van der Waals surface area contributed by atoms with Gasteiger partial charge in [0.25, 0.3) is 0 Å². The number of amides is 1. The molecule has 5 heteroatoms. The Hall–Kier alpha value is -1.62. The first-order valence-corrected chi connectivity index (χ1v) is 7.47. The highest BCUT2D eigenvalue weighted by Gasteiger charge is 2.25. The van der Waals surface area contributed by atoms with Gasteiger partial charge in [-0.3, -0.25) is 4.79 Å². The molecule has 0 saturated carbocycles. The number of halogens is 1. The molecule has 0 radical (unpaired) electrons. The van der Waals surface area contributed by atoms with Gasteiger partial charge in [0.15, 0.2) is 11.6 Å². The second-order valence-electron chi connectivity index (χ2n) is 5.36. The highest BCUT2D eigenvalue weighted by atomic mass is 19.1. The van der Waals surface area contributed by atoms with E-state index in [1.807, 2.05) is 6.92 Å². The summed E-state index contributed by atoms with van der Waals surface area (Å²) in [6.07, 6.45) is 1.96. The molecule has 1 atom stereocenters. The Balaban J connectivity index is 2.04. The zero-order valence-electron chi connectivity index (χ0n) is 12.7. The van der Waals surface area contributed by atoms with Crippen LogP contribution in [0.2, 0.25) is 0 Å². The Morgan fingerprint density at radius 3 is 2.90 bits per heavy atom. The van der Waals surface area contributed by atoms with Crippen LogP contribution in [0.3, 0.4) is 0 Å². The minimum absolute atomic E-state index is 0.0433. The molecule has 1 aromatic rings. The lowest BCUT2D eigenvalue weighted by atomic mass is 9.98. The number of benzene rings is 1. The Kier molecular flexibility index (Phi) is 5.56. The van der Waals surface area contributed by atoms with E-state index in [4.69, 9.17) is 4.74 Å². The molecule has 1 saturated heterocycles. The van der Waals surface area contributed by atoms with Crippen molar-refractivity contribution in [2.75, 3.05) is 26.7 Å². The molecule has 1 aliphatic rings. The van der Waals surface area contributed by atoms with Crippen molar-refractivity contribution in [1.82, 2.24) is 10.2 Å². The standard InChI is InChI=1S/C16H23FN2O2/c1-3-19(16(20)13-5-4-8-18-10-13)11-12-6-7-15(21-2)14(17)9-12/h6-7,9,13,18H,3-5,8,10-11H2,1-2H3. The molecule has 1 aromatic carbocycles. The van der Waals surface area contributed by atoms with Crippen molar-refractivity contribution < 1.29 is 13.9 Å². The second-order valence-corrected chi connectivity index (χ2v) is 5.36. The van der Waals surface area contributed by atoms with Gasteiger partial charge in [0.2, 0.25) is 5.91 Å². The van der Waals surface area contributed by atoms with Crippen LogP contribution in [0.5, 0.6) is 5.75 Å². The summed E-state index contributed by atoms with van der Waals surface area (Å²) in [5.74, 6) is 0.0326. The van der Waals surface area contributed by atoms with Crippen LogP contribution in [0.1, 0.15) is 25.3 Å². The predicted octanol–water partition coefficient (Wildman–Crippen LogP) is 2.18. The van der Waals surface area contributed by atoms with Crippen molar-refractivity contribution in [3.63, 3.8) is 0 Å². The minimum Gasteiger partial charge on any atom is -0.494 e. The van der Waals surface area contributed by atoms with Crippen molar-refractivity contribution in [3.8, 4) is 5.75 Å². The van der Waals surface area contributed by atoms with E-state index in [1.165, 1.54) is 13.2 Å². The fraction of sp³-hybridized carbons (Fsp3) is 0.562. The summed E-state index contributed by atoms with van der Waals surface area (Å²) >= 11 is 0. The van der Waals surface area contributed by atoms with Gasteiger partial charge in [-0.15, -0.1) is 0 Å². The van der Waals surface area contributed by atoms with Crippen LogP contribution in [0, 0.1) is 11.7 Å². The number of carbonyl (C=O) groups excluding carboxylic acids is 1. The third kappa shape index (κ3) is 3.94. The third-order valence-corrected chi connectivity index (χ3v) is 3.93. The number of ether oxygens (including phenoxy) is 1. The molecule has 2 rings (SSSR count). The number of hydrogen-bond acceptors (Lipinski definition) is 3. The second kappa shape index (κ2) is 7.41. The van der Waals surface area contributed by atoms with Crippen LogP contribution < -0.4 is 10.1 Å². The monoisotopic (exact) mass is 294 g/mol. The van der Waals surface area contributed by atoms with E-state index in [9.17, 15) is 9.18 Å². The Morgan fingerprint density at radius 1 is 1.52 bits per heavy atom. The van der Waals surface area contributed by atoms with Crippen LogP contribution in [-0.2, 0) is 11.3 Å². The van der Waals surface area contributed by atoms with Gasteiger partial charge in [-0.25, -0.2) is 4.39 Å². The topological polar surface area (TPSA) is 41.6 Å². The molecular weight excluding hydrogens is 271 g/mol. The molecule has 1 unspecified atom stereocenters. The van der Waals surface area contributed by atoms with Gasteiger partial charge in [0.05, 0.1) is 13.0 Å². The van der Waals surface area contributed by atoms with Gasteiger partial charge in [-0.2, -0.15) is 0 Å². The van der Waals surface area contributed by atoms with Crippen molar-refractivity contribution >= 4 is 5.91 Å². The molecule has 1 fully saturated rings. The van der Waals surface area contributed by atoms with Gasteiger partial charge in [0.1, 0.15) is 0 Å². The molecule has 116 valence electrons. The average molecular weight is 294 g/mol. The number of piperidine rings is 1. The maximum atomic E-state index is 13.7. The predicted molar refractivity (Wildman–Crippen MR) is 79.6 cm³/mol. The molecule has 0 spiro atoms. The summed E-state index contributed by atoms with van der Waals surface area (Å²) in [4.78, 5) is 14.3. The zero-order valence-corrected chi connectivity index (χ0v) is 12.7. The lowest BCUT2D eigenvalue weighted by Crippen LogP contribution is -2.42. The number of carbonyl (C=O) groups is 1. The van der Waals surface area contributed by atoms with Crippen molar-refractivity contribution in [3.05, 3.63) is 29.6 Å². The van der Waals surface area contributed by atoms with Gasteiger partial charge in [-0.1, -0.05) is 6.07 Å². The van der Waals surface area contributed by atoms with Crippen molar-refractivity contribution in [2.24, 2.45) is 5.92 Å². The lowest BCUT2D eigenvalue weighted by Gasteiger charge is -2.29. The van der Waals surface area contributed by atoms with E-state index in [-0.39, 0.29) is 17.6 Å². The van der Waals surface area contributed by atoms with Gasteiger partial charge in [0, 0.05) is 19.6 Å². The molecule has 1 aliphatic heterocycles. The van der Waals surface area contributed by atoms with Crippen LogP contribution in [0.4, 0.5) is 4.39 Å². The van der Waals surface area contributed by atoms with Crippen LogP contribution in [0.25, 0.3) is 0 Å². The largest absolute Gasteiger partial charge is 0.494 e. The fourth-order valence-corrected chi connectivity index (χ4v) is 2.69. The highest BCUT2D eigenvalue weighted by Crippen LogP contribution is 2.20. The number of rotatable bonds is 5. The summed E-state index contributed by atoms with van der Waals surface area (Å²) < 4.78 is 18.6. The lowest BCUT2D eigenvalue weighted by molar-refractivity contribution is -0.136. The van der Waals surface area contributed by atoms with Crippen LogP contribution in [-0.4, -0.2) is 37.6 Å². The average Bonchev–Trinajstić information content (AvgIpc) is 2.53. The summed E-state index contributed by atoms with van der Waals surface area (Å²) in [6, 6.07) is 4.84. The van der Waals surface area contributed by atoms with E-state index >= 15 is 0 Å². The summed E-state index contributed by atoms with van der Waals surface area (Å²) in [5, 5.41) is 3.26.